The average molecular weight is 365 g/mol. The molecule has 7 heteroatoms. The lowest BCUT2D eigenvalue weighted by atomic mass is 10.1. The average Bonchev–Trinajstić information content (AvgIpc) is 3.41. The maximum absolute atomic E-state index is 12.6. The third-order valence-electron chi connectivity index (χ3n) is 5.10. The zero-order valence-electron chi connectivity index (χ0n) is 15.1. The van der Waals surface area contributed by atoms with Gasteiger partial charge in [0.25, 0.3) is 0 Å². The Balaban J connectivity index is 1.36. The van der Waals surface area contributed by atoms with Crippen LogP contribution in [-0.2, 0) is 22.7 Å². The highest BCUT2D eigenvalue weighted by Crippen LogP contribution is 2.25. The summed E-state index contributed by atoms with van der Waals surface area (Å²) in [6.07, 6.45) is 9.16. The van der Waals surface area contributed by atoms with Gasteiger partial charge in [-0.1, -0.05) is 18.2 Å². The van der Waals surface area contributed by atoms with Crippen LogP contribution in [0.25, 0.3) is 10.9 Å². The Bertz CT molecular complexity index is 931. The molecule has 2 N–H and O–H groups in total. The van der Waals surface area contributed by atoms with E-state index in [0.29, 0.717) is 25.9 Å². The first-order chi connectivity index (χ1) is 13.2. The molecule has 1 atom stereocenters. The number of aryl methyl sites for hydroxylation is 1. The molecule has 1 aliphatic heterocycles. The summed E-state index contributed by atoms with van der Waals surface area (Å²) in [5, 5.41) is 4.07. The number of imidazole rings is 1. The minimum atomic E-state index is -0.389. The molecule has 2 amide bonds. The highest BCUT2D eigenvalue weighted by Gasteiger charge is 2.36. The Morgan fingerprint density at radius 3 is 3.07 bits per heavy atom. The summed E-state index contributed by atoms with van der Waals surface area (Å²) in [6.45, 7) is 1.85. The Kier molecular flexibility index (Phi) is 4.91. The fourth-order valence-corrected chi connectivity index (χ4v) is 3.66. The summed E-state index contributed by atoms with van der Waals surface area (Å²) in [5.41, 5.74) is 2.08. The van der Waals surface area contributed by atoms with E-state index >= 15 is 0 Å². The van der Waals surface area contributed by atoms with Crippen LogP contribution in [0.2, 0.25) is 0 Å². The minimum absolute atomic E-state index is 0.0406. The van der Waals surface area contributed by atoms with Crippen LogP contribution in [-0.4, -0.2) is 43.8 Å². The van der Waals surface area contributed by atoms with Gasteiger partial charge < -0.3 is 19.8 Å². The number of rotatable bonds is 7. The van der Waals surface area contributed by atoms with E-state index < -0.39 is 0 Å². The summed E-state index contributed by atoms with van der Waals surface area (Å²) in [4.78, 5) is 33.9. The Morgan fingerprint density at radius 1 is 1.33 bits per heavy atom. The number of hydrogen-bond donors (Lipinski definition) is 2. The predicted octanol–water partition coefficient (Wildman–Crippen LogP) is 2.06. The molecule has 0 saturated carbocycles. The second-order valence-corrected chi connectivity index (χ2v) is 6.88. The van der Waals surface area contributed by atoms with Crippen LogP contribution >= 0.6 is 0 Å². The van der Waals surface area contributed by atoms with E-state index in [4.69, 9.17) is 0 Å². The third kappa shape index (κ3) is 3.72. The topological polar surface area (TPSA) is 83.0 Å². The zero-order chi connectivity index (χ0) is 18.6. The maximum Gasteiger partial charge on any atom is 0.242 e. The van der Waals surface area contributed by atoms with Crippen molar-refractivity contribution in [2.24, 2.45) is 0 Å². The van der Waals surface area contributed by atoms with Gasteiger partial charge in [0.15, 0.2) is 0 Å². The number of hydrogen-bond acceptors (Lipinski definition) is 3. The van der Waals surface area contributed by atoms with Gasteiger partial charge in [0, 0.05) is 55.5 Å². The van der Waals surface area contributed by atoms with Gasteiger partial charge in [0.05, 0.1) is 6.33 Å². The monoisotopic (exact) mass is 365 g/mol. The molecule has 4 rings (SSSR count). The van der Waals surface area contributed by atoms with E-state index in [1.54, 1.807) is 17.4 Å². The molecule has 0 radical (unpaired) electrons. The Morgan fingerprint density at radius 2 is 2.22 bits per heavy atom. The van der Waals surface area contributed by atoms with Crippen molar-refractivity contribution in [1.82, 2.24) is 24.8 Å². The van der Waals surface area contributed by atoms with Crippen molar-refractivity contribution in [2.75, 3.05) is 6.54 Å². The van der Waals surface area contributed by atoms with Crippen molar-refractivity contribution in [2.45, 2.75) is 38.4 Å². The zero-order valence-corrected chi connectivity index (χ0v) is 15.1. The molecule has 0 bridgehead atoms. The quantitative estimate of drug-likeness (QED) is 0.629. The summed E-state index contributed by atoms with van der Waals surface area (Å²) in [5.74, 6) is -0.0230. The van der Waals surface area contributed by atoms with Crippen molar-refractivity contribution in [1.29, 1.82) is 0 Å². The summed E-state index contributed by atoms with van der Waals surface area (Å²) < 4.78 is 1.98. The molecule has 0 aliphatic carbocycles. The fourth-order valence-electron chi connectivity index (χ4n) is 3.66. The van der Waals surface area contributed by atoms with Crippen LogP contribution in [0.1, 0.15) is 24.8 Å². The molecule has 3 aromatic rings. The van der Waals surface area contributed by atoms with Crippen LogP contribution in [0.4, 0.5) is 0 Å². The van der Waals surface area contributed by atoms with Crippen molar-refractivity contribution in [3.8, 4) is 0 Å². The third-order valence-corrected chi connectivity index (χ3v) is 5.10. The molecule has 2 aromatic heterocycles. The number of aromatic nitrogens is 3. The van der Waals surface area contributed by atoms with Gasteiger partial charge in [0.2, 0.25) is 11.8 Å². The first kappa shape index (κ1) is 17.3. The van der Waals surface area contributed by atoms with E-state index in [-0.39, 0.29) is 17.9 Å². The van der Waals surface area contributed by atoms with Gasteiger partial charge in [-0.3, -0.25) is 9.59 Å². The number of amides is 2. The Labute approximate surface area is 157 Å². The van der Waals surface area contributed by atoms with Gasteiger partial charge >= 0.3 is 0 Å². The van der Waals surface area contributed by atoms with Crippen LogP contribution in [0.3, 0.4) is 0 Å². The molecule has 7 nitrogen and oxygen atoms in total. The summed E-state index contributed by atoms with van der Waals surface area (Å²) >= 11 is 0. The van der Waals surface area contributed by atoms with Gasteiger partial charge in [-0.15, -0.1) is 0 Å². The molecule has 1 saturated heterocycles. The van der Waals surface area contributed by atoms with Crippen molar-refractivity contribution in [3.05, 3.63) is 54.7 Å². The van der Waals surface area contributed by atoms with Crippen LogP contribution in [0.15, 0.2) is 49.2 Å². The maximum atomic E-state index is 12.6. The number of carbonyl (C=O) groups excluding carboxylic acids is 2. The Hall–Kier alpha value is -3.09. The predicted molar refractivity (Wildman–Crippen MR) is 102 cm³/mol. The van der Waals surface area contributed by atoms with Gasteiger partial charge in [-0.2, -0.15) is 0 Å². The molecule has 1 aromatic carbocycles. The van der Waals surface area contributed by atoms with Crippen molar-refractivity contribution < 1.29 is 9.59 Å². The molecule has 140 valence electrons. The van der Waals surface area contributed by atoms with Gasteiger partial charge in [-0.05, 0) is 24.5 Å². The number of para-hydroxylation sites is 1. The second kappa shape index (κ2) is 7.65. The molecule has 1 unspecified atom stereocenters. The number of H-pyrrole nitrogens is 1. The lowest BCUT2D eigenvalue weighted by Gasteiger charge is -2.24. The number of fused-ring (bicyclic) bond motifs is 1. The largest absolute Gasteiger partial charge is 0.361 e. The molecular weight excluding hydrogens is 342 g/mol. The number of carbonyl (C=O) groups is 2. The lowest BCUT2D eigenvalue weighted by molar-refractivity contribution is -0.135. The highest BCUT2D eigenvalue weighted by molar-refractivity contribution is 5.91. The molecule has 1 aliphatic rings. The van der Waals surface area contributed by atoms with E-state index in [2.05, 4.69) is 15.3 Å². The van der Waals surface area contributed by atoms with Crippen LogP contribution in [0, 0.1) is 0 Å². The van der Waals surface area contributed by atoms with Gasteiger partial charge in [0.1, 0.15) is 6.04 Å². The number of benzene rings is 1. The van der Waals surface area contributed by atoms with Gasteiger partial charge in [-0.25, -0.2) is 4.98 Å². The number of nitrogens with one attached hydrogen (secondary N) is 2. The number of likely N-dealkylation sites (tertiary alicyclic amines) is 1. The van der Waals surface area contributed by atoms with Crippen molar-refractivity contribution in [3.63, 3.8) is 0 Å². The lowest BCUT2D eigenvalue weighted by Crippen LogP contribution is -2.44. The highest BCUT2D eigenvalue weighted by atomic mass is 16.2. The van der Waals surface area contributed by atoms with Crippen LogP contribution < -0.4 is 5.32 Å². The molecule has 0 spiro atoms. The first-order valence-corrected chi connectivity index (χ1v) is 9.30. The van der Waals surface area contributed by atoms with Crippen molar-refractivity contribution >= 4 is 22.7 Å². The summed E-state index contributed by atoms with van der Waals surface area (Å²) in [7, 11) is 0. The van der Waals surface area contributed by atoms with E-state index in [1.807, 2.05) is 41.2 Å². The molecular formula is C20H23N5O2. The second-order valence-electron chi connectivity index (χ2n) is 6.88. The molecule has 1 fully saturated rings. The SMILES string of the molecule is O=C(NCCCn1ccnc1)C1CCC(=O)N1Cc1c[nH]c2ccccc12. The number of nitrogens with zero attached hydrogens (tertiary/aromatic N) is 3. The fraction of sp³-hybridized carbons (Fsp3) is 0.350. The van der Waals surface area contributed by atoms with E-state index in [1.165, 1.54) is 0 Å². The number of aromatic amines is 1. The van der Waals surface area contributed by atoms with Crippen LogP contribution in [0.5, 0.6) is 0 Å². The van der Waals surface area contributed by atoms with E-state index in [9.17, 15) is 9.59 Å². The normalized spacial score (nSPS) is 17.0. The minimum Gasteiger partial charge on any atom is -0.361 e. The van der Waals surface area contributed by atoms with E-state index in [0.717, 1.165) is 29.4 Å². The summed E-state index contributed by atoms with van der Waals surface area (Å²) in [6, 6.07) is 7.61. The standard InChI is InChI=1S/C20H23N5O2/c26-19-7-6-18(20(27)22-8-3-10-24-11-9-21-14-24)25(19)13-15-12-23-17-5-2-1-4-16(15)17/h1-2,4-5,9,11-12,14,18,23H,3,6-8,10,13H2,(H,22,27). The smallest absolute Gasteiger partial charge is 0.242 e. The first-order valence-electron chi connectivity index (χ1n) is 9.30. The molecule has 3 heterocycles. The molecule has 27 heavy (non-hydrogen) atoms.